The average molecular weight is 259 g/mol. The quantitative estimate of drug-likeness (QED) is 0.613. The number of hydrogen-bond donors (Lipinski definition) is 2. The van der Waals surface area contributed by atoms with Crippen molar-refractivity contribution in [2.75, 3.05) is 26.9 Å². The van der Waals surface area contributed by atoms with Crippen molar-refractivity contribution in [1.82, 2.24) is 15.0 Å². The lowest BCUT2D eigenvalue weighted by molar-refractivity contribution is 0.00575. The fourth-order valence-corrected chi connectivity index (χ4v) is 1.30. The second kappa shape index (κ2) is 6.79. The zero-order valence-electron chi connectivity index (χ0n) is 11.0. The normalized spacial score (nSPS) is 13.8. The lowest BCUT2D eigenvalue weighted by Gasteiger charge is -2.12. The van der Waals surface area contributed by atoms with Gasteiger partial charge in [0.25, 0.3) is 0 Å². The molecule has 0 saturated carbocycles. The van der Waals surface area contributed by atoms with Gasteiger partial charge in [0.2, 0.25) is 0 Å². The van der Waals surface area contributed by atoms with Crippen molar-refractivity contribution in [1.29, 1.82) is 0 Å². The van der Waals surface area contributed by atoms with Crippen molar-refractivity contribution in [3.05, 3.63) is 11.9 Å². The van der Waals surface area contributed by atoms with Gasteiger partial charge in [-0.2, -0.15) is 0 Å². The van der Waals surface area contributed by atoms with Crippen molar-refractivity contribution in [2.24, 2.45) is 0 Å². The first-order chi connectivity index (χ1) is 8.43. The Morgan fingerprint density at radius 3 is 2.72 bits per heavy atom. The Morgan fingerprint density at radius 1 is 1.44 bits per heavy atom. The minimum Gasteiger partial charge on any atom is -0.389 e. The number of aliphatic hydroxyl groups is 2. The van der Waals surface area contributed by atoms with Crippen LogP contribution in [-0.2, 0) is 21.6 Å². The Hall–Kier alpha value is -1.02. The van der Waals surface area contributed by atoms with Crippen LogP contribution in [0.5, 0.6) is 0 Å². The molecule has 1 unspecified atom stereocenters. The van der Waals surface area contributed by atoms with Crippen LogP contribution in [-0.4, -0.2) is 58.2 Å². The summed E-state index contributed by atoms with van der Waals surface area (Å²) in [5.74, 6) is 0. The van der Waals surface area contributed by atoms with Crippen LogP contribution in [0, 0.1) is 0 Å². The van der Waals surface area contributed by atoms with Crippen LogP contribution in [0.4, 0.5) is 0 Å². The highest BCUT2D eigenvalue weighted by atomic mass is 16.5. The molecule has 0 amide bonds. The summed E-state index contributed by atoms with van der Waals surface area (Å²) >= 11 is 0. The maximum absolute atomic E-state index is 9.72. The van der Waals surface area contributed by atoms with E-state index in [1.807, 2.05) is 0 Å². The molecule has 0 spiro atoms. The fraction of sp³-hybridized carbons (Fsp3) is 0.818. The molecule has 7 nitrogen and oxygen atoms in total. The molecule has 0 aliphatic carbocycles. The third kappa shape index (κ3) is 5.09. The van der Waals surface area contributed by atoms with Crippen LogP contribution in [0.25, 0.3) is 0 Å². The first kappa shape index (κ1) is 15.0. The third-order valence-electron chi connectivity index (χ3n) is 2.31. The van der Waals surface area contributed by atoms with E-state index < -0.39 is 11.7 Å². The van der Waals surface area contributed by atoms with E-state index in [2.05, 4.69) is 10.3 Å². The SMILES string of the molecule is COCCOCC(O)Cn1cc(C(C)(C)O)nn1. The molecular weight excluding hydrogens is 238 g/mol. The Labute approximate surface area is 106 Å². The van der Waals surface area contributed by atoms with Crippen molar-refractivity contribution < 1.29 is 19.7 Å². The number of methoxy groups -OCH3 is 1. The van der Waals surface area contributed by atoms with E-state index in [-0.39, 0.29) is 13.2 Å². The molecule has 104 valence electrons. The number of nitrogens with zero attached hydrogens (tertiary/aromatic N) is 3. The molecule has 0 saturated heterocycles. The molecule has 0 aromatic carbocycles. The van der Waals surface area contributed by atoms with Crippen LogP contribution >= 0.6 is 0 Å². The molecule has 0 fully saturated rings. The second-order valence-electron chi connectivity index (χ2n) is 4.61. The van der Waals surface area contributed by atoms with Crippen molar-refractivity contribution in [2.45, 2.75) is 32.1 Å². The lowest BCUT2D eigenvalue weighted by atomic mass is 10.1. The lowest BCUT2D eigenvalue weighted by Crippen LogP contribution is -2.23. The average Bonchev–Trinajstić information content (AvgIpc) is 2.72. The van der Waals surface area contributed by atoms with Gasteiger partial charge in [0, 0.05) is 7.11 Å². The van der Waals surface area contributed by atoms with Crippen LogP contribution in [0.2, 0.25) is 0 Å². The molecule has 1 aromatic rings. The predicted molar refractivity (Wildman–Crippen MR) is 64.0 cm³/mol. The van der Waals surface area contributed by atoms with Crippen molar-refractivity contribution in [3.8, 4) is 0 Å². The predicted octanol–water partition coefficient (Wildman–Crippen LogP) is -0.471. The zero-order valence-corrected chi connectivity index (χ0v) is 11.0. The van der Waals surface area contributed by atoms with Gasteiger partial charge in [0.05, 0.1) is 38.7 Å². The van der Waals surface area contributed by atoms with Crippen LogP contribution in [0.1, 0.15) is 19.5 Å². The zero-order chi connectivity index (χ0) is 13.6. The van der Waals surface area contributed by atoms with E-state index in [4.69, 9.17) is 9.47 Å². The standard InChI is InChI=1S/C11H21N3O4/c1-11(2,16)10-7-14(13-12-10)6-9(15)8-18-5-4-17-3/h7,9,15-16H,4-6,8H2,1-3H3. The number of ether oxygens (including phenoxy) is 2. The first-order valence-electron chi connectivity index (χ1n) is 5.81. The molecule has 7 heteroatoms. The minimum absolute atomic E-state index is 0.209. The van der Waals surface area contributed by atoms with Gasteiger partial charge in [-0.1, -0.05) is 5.21 Å². The molecule has 18 heavy (non-hydrogen) atoms. The first-order valence-corrected chi connectivity index (χ1v) is 5.81. The molecule has 1 atom stereocenters. The molecule has 0 aliphatic heterocycles. The molecule has 0 radical (unpaired) electrons. The monoisotopic (exact) mass is 259 g/mol. The highest BCUT2D eigenvalue weighted by Gasteiger charge is 2.20. The summed E-state index contributed by atoms with van der Waals surface area (Å²) in [6.45, 7) is 4.69. The van der Waals surface area contributed by atoms with Gasteiger partial charge in [0.15, 0.2) is 0 Å². The smallest absolute Gasteiger partial charge is 0.114 e. The molecular formula is C11H21N3O4. The fourth-order valence-electron chi connectivity index (χ4n) is 1.30. The largest absolute Gasteiger partial charge is 0.389 e. The van der Waals surface area contributed by atoms with E-state index in [0.29, 0.717) is 18.9 Å². The van der Waals surface area contributed by atoms with Crippen LogP contribution in [0.3, 0.4) is 0 Å². The van der Waals surface area contributed by atoms with Gasteiger partial charge in [-0.15, -0.1) is 5.10 Å². The summed E-state index contributed by atoms with van der Waals surface area (Å²) in [5.41, 5.74) is -0.562. The minimum atomic E-state index is -1.03. The molecule has 1 aromatic heterocycles. The van der Waals surface area contributed by atoms with Gasteiger partial charge < -0.3 is 19.7 Å². The third-order valence-corrected chi connectivity index (χ3v) is 2.31. The van der Waals surface area contributed by atoms with Gasteiger partial charge in [-0.25, -0.2) is 4.68 Å². The highest BCUT2D eigenvalue weighted by molar-refractivity contribution is 5.02. The molecule has 0 bridgehead atoms. The Kier molecular flexibility index (Phi) is 5.67. The maximum atomic E-state index is 9.72. The van der Waals surface area contributed by atoms with Gasteiger partial charge >= 0.3 is 0 Å². The topological polar surface area (TPSA) is 89.6 Å². The van der Waals surface area contributed by atoms with Gasteiger partial charge in [-0.3, -0.25) is 0 Å². The van der Waals surface area contributed by atoms with Crippen molar-refractivity contribution in [3.63, 3.8) is 0 Å². The maximum Gasteiger partial charge on any atom is 0.114 e. The number of aliphatic hydroxyl groups excluding tert-OH is 1. The summed E-state index contributed by atoms with van der Waals surface area (Å²) in [4.78, 5) is 0. The van der Waals surface area contributed by atoms with Crippen LogP contribution in [0.15, 0.2) is 6.20 Å². The van der Waals surface area contributed by atoms with Crippen LogP contribution < -0.4 is 0 Å². The van der Waals surface area contributed by atoms with E-state index in [0.717, 1.165) is 0 Å². The second-order valence-corrected chi connectivity index (χ2v) is 4.61. The number of rotatable bonds is 8. The summed E-state index contributed by atoms with van der Waals surface area (Å²) in [7, 11) is 1.59. The Bertz CT molecular complexity index is 348. The number of hydrogen-bond acceptors (Lipinski definition) is 6. The summed E-state index contributed by atoms with van der Waals surface area (Å²) < 4.78 is 11.5. The Balaban J connectivity index is 2.35. The highest BCUT2D eigenvalue weighted by Crippen LogP contribution is 2.15. The van der Waals surface area contributed by atoms with Gasteiger partial charge in [-0.05, 0) is 13.8 Å². The molecule has 2 N–H and O–H groups in total. The molecule has 1 heterocycles. The van der Waals surface area contributed by atoms with E-state index in [1.165, 1.54) is 4.68 Å². The number of aromatic nitrogens is 3. The summed E-state index contributed by atoms with van der Waals surface area (Å²) in [6, 6.07) is 0. The van der Waals surface area contributed by atoms with Crippen molar-refractivity contribution >= 4 is 0 Å². The van der Waals surface area contributed by atoms with Gasteiger partial charge in [0.1, 0.15) is 11.3 Å². The Morgan fingerprint density at radius 2 is 2.17 bits per heavy atom. The molecule has 1 rings (SSSR count). The van der Waals surface area contributed by atoms with E-state index >= 15 is 0 Å². The van der Waals surface area contributed by atoms with E-state index in [1.54, 1.807) is 27.2 Å². The summed E-state index contributed by atoms with van der Waals surface area (Å²) in [5, 5.41) is 27.1. The van der Waals surface area contributed by atoms with E-state index in [9.17, 15) is 10.2 Å². The molecule has 0 aliphatic rings. The summed E-state index contributed by atoms with van der Waals surface area (Å²) in [6.07, 6.45) is 0.941.